The molecule has 0 bridgehead atoms. The molecule has 0 saturated carbocycles. The number of thiol groups is 1. The van der Waals surface area contributed by atoms with Crippen LogP contribution in [0.15, 0.2) is 0 Å². The molecule has 4 heteroatoms. The summed E-state index contributed by atoms with van der Waals surface area (Å²) in [6.07, 6.45) is 0. The van der Waals surface area contributed by atoms with Crippen molar-refractivity contribution in [3.8, 4) is 0 Å². The molecule has 0 aromatic rings. The minimum Gasteiger partial charge on any atom is -0.452 e. The predicted molar refractivity (Wildman–Crippen MR) is 35.2 cm³/mol. The van der Waals surface area contributed by atoms with Crippen molar-refractivity contribution in [2.75, 3.05) is 0 Å². The molecule has 0 aromatic carbocycles. The van der Waals surface area contributed by atoms with Gasteiger partial charge in [0.2, 0.25) is 0 Å². The standard InChI is InChI=1S/C5H10O2S.Tc/c1-5(2,3)7-4(6)8;/h1-3H3,(H,6,8);. The maximum Gasteiger partial charge on any atom is 0.364 e. The summed E-state index contributed by atoms with van der Waals surface area (Å²) in [5.41, 5.74) is -0.404. The van der Waals surface area contributed by atoms with Gasteiger partial charge >= 0.3 is 5.30 Å². The molecule has 0 heterocycles. The first-order valence-electron chi connectivity index (χ1n) is 2.34. The van der Waals surface area contributed by atoms with Crippen molar-refractivity contribution in [1.82, 2.24) is 0 Å². The van der Waals surface area contributed by atoms with E-state index in [9.17, 15) is 4.79 Å². The summed E-state index contributed by atoms with van der Waals surface area (Å²) < 4.78 is 4.66. The van der Waals surface area contributed by atoms with Gasteiger partial charge in [-0.1, -0.05) is 12.6 Å². The summed E-state index contributed by atoms with van der Waals surface area (Å²) in [7, 11) is 0. The zero-order chi connectivity index (χ0) is 6.78. The van der Waals surface area contributed by atoms with Gasteiger partial charge in [-0.25, -0.2) is 4.79 Å². The summed E-state index contributed by atoms with van der Waals surface area (Å²) in [6.45, 7) is 5.38. The second-order valence-corrected chi connectivity index (χ2v) is 2.85. The molecule has 0 rings (SSSR count). The van der Waals surface area contributed by atoms with Gasteiger partial charge in [-0.05, 0) is 20.8 Å². The summed E-state index contributed by atoms with van der Waals surface area (Å²) in [5, 5.41) is -0.530. The molecule has 0 amide bonds. The fourth-order valence-corrected chi connectivity index (χ4v) is 0.536. The van der Waals surface area contributed by atoms with Gasteiger partial charge in [-0.3, -0.25) is 0 Å². The van der Waals surface area contributed by atoms with Crippen LogP contribution in [0.5, 0.6) is 0 Å². The third kappa shape index (κ3) is 11.8. The summed E-state index contributed by atoms with van der Waals surface area (Å²) in [4.78, 5) is 10.1. The molecule has 0 aliphatic heterocycles. The number of carbonyl (C=O) groups excluding carboxylic acids is 1. The van der Waals surface area contributed by atoms with Gasteiger partial charge in [0.05, 0.1) is 0 Å². The van der Waals surface area contributed by atoms with Crippen LogP contribution in [0.2, 0.25) is 0 Å². The number of hydrogen-bond acceptors (Lipinski definition) is 2. The van der Waals surface area contributed by atoms with Gasteiger partial charge in [0.1, 0.15) is 5.60 Å². The van der Waals surface area contributed by atoms with E-state index >= 15 is 0 Å². The summed E-state index contributed by atoms with van der Waals surface area (Å²) in [5.74, 6) is 0. The molecule has 1 radical (unpaired) electrons. The zero-order valence-corrected chi connectivity index (χ0v) is 8.39. The monoisotopic (exact) mass is 231 g/mol. The van der Waals surface area contributed by atoms with Crippen LogP contribution in [0.25, 0.3) is 0 Å². The molecule has 0 aliphatic carbocycles. The Bertz CT molecular complexity index is 97.6. The topological polar surface area (TPSA) is 26.3 Å². The smallest absolute Gasteiger partial charge is 0.364 e. The Balaban J connectivity index is 0. The second-order valence-electron chi connectivity index (χ2n) is 2.48. The molecular weight excluding hydrogens is 222 g/mol. The van der Waals surface area contributed by atoms with E-state index in [0.29, 0.717) is 0 Å². The molecule has 2 nitrogen and oxygen atoms in total. The average Bonchev–Trinajstić information content (AvgIpc) is 1.21. The van der Waals surface area contributed by atoms with Gasteiger partial charge < -0.3 is 4.74 Å². The Labute approximate surface area is 74.1 Å². The van der Waals surface area contributed by atoms with Crippen LogP contribution in [0.4, 0.5) is 4.79 Å². The Morgan fingerprint density at radius 3 is 1.78 bits per heavy atom. The molecule has 0 N–H and O–H groups in total. The van der Waals surface area contributed by atoms with E-state index in [1.54, 1.807) is 20.8 Å². The molecule has 0 spiro atoms. The minimum absolute atomic E-state index is 0. The van der Waals surface area contributed by atoms with Crippen molar-refractivity contribution >= 4 is 17.9 Å². The third-order valence-electron chi connectivity index (χ3n) is 0.393. The summed E-state index contributed by atoms with van der Waals surface area (Å²) >= 11 is 3.43. The Kier molecular flexibility index (Phi) is 5.83. The molecule has 0 saturated heterocycles. The molecular formula is C5H10O2STc. The van der Waals surface area contributed by atoms with E-state index in [4.69, 9.17) is 0 Å². The number of rotatable bonds is 0. The quantitative estimate of drug-likeness (QED) is 0.509. The predicted octanol–water partition coefficient (Wildman–Crippen LogP) is 1.85. The maximum absolute atomic E-state index is 10.1. The van der Waals surface area contributed by atoms with Crippen LogP contribution in [0, 0.1) is 0 Å². The van der Waals surface area contributed by atoms with E-state index in [0.717, 1.165) is 0 Å². The minimum atomic E-state index is -0.530. The number of hydrogen-bond donors (Lipinski definition) is 1. The molecule has 9 heavy (non-hydrogen) atoms. The molecule has 0 aromatic heterocycles. The van der Waals surface area contributed by atoms with Crippen molar-refractivity contribution in [2.45, 2.75) is 26.4 Å². The largest absolute Gasteiger partial charge is 0.452 e. The Morgan fingerprint density at radius 2 is 1.78 bits per heavy atom. The molecule has 0 fully saturated rings. The number of carbonyl (C=O) groups is 1. The zero-order valence-electron chi connectivity index (χ0n) is 5.64. The summed E-state index contributed by atoms with van der Waals surface area (Å²) in [6, 6.07) is 0. The van der Waals surface area contributed by atoms with E-state index in [2.05, 4.69) is 17.4 Å². The van der Waals surface area contributed by atoms with Gasteiger partial charge in [0.15, 0.2) is 0 Å². The first kappa shape index (κ1) is 12.2. The van der Waals surface area contributed by atoms with Crippen LogP contribution in [-0.2, 0) is 24.8 Å². The van der Waals surface area contributed by atoms with Gasteiger partial charge in [-0.15, -0.1) is 0 Å². The van der Waals surface area contributed by atoms with Crippen molar-refractivity contribution in [3.05, 3.63) is 0 Å². The van der Waals surface area contributed by atoms with E-state index in [1.807, 2.05) is 0 Å². The fourth-order valence-electron chi connectivity index (χ4n) is 0.262. The molecule has 55 valence electrons. The first-order valence-corrected chi connectivity index (χ1v) is 2.78. The van der Waals surface area contributed by atoms with Crippen LogP contribution in [-0.4, -0.2) is 10.9 Å². The number of ether oxygens (including phenoxy) is 1. The van der Waals surface area contributed by atoms with Crippen molar-refractivity contribution in [1.29, 1.82) is 0 Å². The Hall–Kier alpha value is 0.469. The van der Waals surface area contributed by atoms with Crippen LogP contribution >= 0.6 is 12.6 Å². The Morgan fingerprint density at radius 1 is 1.44 bits per heavy atom. The third-order valence-corrected chi connectivity index (χ3v) is 0.485. The van der Waals surface area contributed by atoms with Crippen molar-refractivity contribution < 1.29 is 29.6 Å². The normalized spacial score (nSPS) is 9.78. The van der Waals surface area contributed by atoms with E-state index < -0.39 is 10.9 Å². The maximum atomic E-state index is 10.1. The van der Waals surface area contributed by atoms with E-state index in [-0.39, 0.29) is 20.1 Å². The van der Waals surface area contributed by atoms with Crippen LogP contribution < -0.4 is 0 Å². The van der Waals surface area contributed by atoms with E-state index in [1.165, 1.54) is 0 Å². The van der Waals surface area contributed by atoms with Crippen LogP contribution in [0.3, 0.4) is 0 Å². The molecule has 0 aliphatic rings. The SMILES string of the molecule is CC(C)(C)OC(=O)S.[Tc]. The molecule has 0 unspecified atom stereocenters. The fraction of sp³-hybridized carbons (Fsp3) is 0.800. The second kappa shape index (κ2) is 4.31. The van der Waals surface area contributed by atoms with Gasteiger partial charge in [0.25, 0.3) is 0 Å². The van der Waals surface area contributed by atoms with Gasteiger partial charge in [-0.2, -0.15) is 0 Å². The van der Waals surface area contributed by atoms with Crippen molar-refractivity contribution in [2.24, 2.45) is 0 Å². The van der Waals surface area contributed by atoms with Gasteiger partial charge in [0, 0.05) is 20.1 Å². The first-order chi connectivity index (χ1) is 3.42. The average molecular weight is 232 g/mol. The van der Waals surface area contributed by atoms with Crippen LogP contribution in [0.1, 0.15) is 20.8 Å². The van der Waals surface area contributed by atoms with Crippen molar-refractivity contribution in [3.63, 3.8) is 0 Å². The molecule has 0 atom stereocenters.